The van der Waals surface area contributed by atoms with Crippen molar-refractivity contribution in [2.75, 3.05) is 20.8 Å². The van der Waals surface area contributed by atoms with Crippen LogP contribution >= 0.6 is 0 Å². The standard InChI is InChI=1S/C36H39N4O4.Mg/c1-9-21-17(3)24-14-26-19(5)23(12-11-13-43-7)33(39-26)31-32(36(42)44-8)35(41)30-20(6)27(40-34(30)31)16-29-22(10-2)18(4)25(38-29)15-28(21)37-24;/h9,14-16,19,23,32H,1,10-13H2,2-8H3,(H-,39,40,41);/q-3;+2/p-1/b25-15-,26-14-,29-16-;/t19-,23-,32+;/m0./s1. The molecule has 9 heteroatoms. The number of ether oxygens (including phenoxy) is 2. The van der Waals surface area contributed by atoms with Gasteiger partial charge in [0.2, 0.25) is 0 Å². The molecular formula is C36H38MgN4O4-2. The van der Waals surface area contributed by atoms with Crippen LogP contribution in [0.3, 0.4) is 0 Å². The van der Waals surface area contributed by atoms with Crippen molar-refractivity contribution in [2.24, 2.45) is 17.8 Å². The number of nitrogens with zero attached hydrogens (tertiary/aromatic N) is 4. The van der Waals surface area contributed by atoms with Crippen LogP contribution < -0.4 is 25.7 Å². The molecule has 230 valence electrons. The van der Waals surface area contributed by atoms with Crippen LogP contribution in [0.5, 0.6) is 0 Å². The Morgan fingerprint density at radius 1 is 0.978 bits per heavy atom. The molecule has 8 bridgehead atoms. The molecule has 0 radical (unpaired) electrons. The number of ketones is 1. The van der Waals surface area contributed by atoms with Gasteiger partial charge in [0.25, 0.3) is 0 Å². The first-order valence-corrected chi connectivity index (χ1v) is 15.3. The third-order valence-electron chi connectivity index (χ3n) is 9.61. The molecule has 3 atom stereocenters. The number of fused-ring (bicyclic) bond motifs is 7. The monoisotopic (exact) mass is 614 g/mol. The molecule has 5 heterocycles. The van der Waals surface area contributed by atoms with E-state index in [9.17, 15) is 9.59 Å². The summed E-state index contributed by atoms with van der Waals surface area (Å²) in [6.07, 6.45) is 10.2. The van der Waals surface area contributed by atoms with E-state index in [4.69, 9.17) is 29.7 Å². The van der Waals surface area contributed by atoms with E-state index in [1.54, 1.807) is 7.11 Å². The molecule has 0 saturated carbocycles. The Hall–Kier alpha value is -3.53. The minimum Gasteiger partial charge on any atom is -0.664 e. The van der Waals surface area contributed by atoms with E-state index in [1.807, 2.05) is 38.2 Å². The molecule has 3 aliphatic rings. The molecule has 1 saturated heterocycles. The van der Waals surface area contributed by atoms with E-state index in [2.05, 4.69) is 27.4 Å². The maximum Gasteiger partial charge on any atom is 2.00 e. The summed E-state index contributed by atoms with van der Waals surface area (Å²) in [5, 5.41) is 6.86. The zero-order valence-electron chi connectivity index (χ0n) is 27.2. The molecule has 2 aliphatic heterocycles. The van der Waals surface area contributed by atoms with Gasteiger partial charge >= 0.3 is 29.0 Å². The van der Waals surface area contributed by atoms with Crippen LogP contribution in [-0.4, -0.2) is 55.6 Å². The van der Waals surface area contributed by atoms with Crippen molar-refractivity contribution >= 4 is 64.7 Å². The van der Waals surface area contributed by atoms with Gasteiger partial charge in [-0.05, 0) is 57.4 Å². The summed E-state index contributed by atoms with van der Waals surface area (Å²) in [7, 11) is 3.01. The second kappa shape index (κ2) is 12.7. The van der Waals surface area contributed by atoms with E-state index < -0.39 is 11.9 Å². The number of Topliss-reactive ketones (excluding diaryl/α,β-unsaturated/α-hetero) is 1. The molecule has 1 aliphatic carbocycles. The fraction of sp³-hybridized carbons (Fsp3) is 0.389. The summed E-state index contributed by atoms with van der Waals surface area (Å²) in [5.41, 5.74) is 10.3. The van der Waals surface area contributed by atoms with Crippen molar-refractivity contribution in [3.63, 3.8) is 0 Å². The van der Waals surface area contributed by atoms with Crippen molar-refractivity contribution in [1.29, 1.82) is 0 Å². The number of allylic oxidation sites excluding steroid dienone is 2. The van der Waals surface area contributed by atoms with Crippen molar-refractivity contribution in [1.82, 2.24) is 15.0 Å². The predicted octanol–water partition coefficient (Wildman–Crippen LogP) is 4.08. The van der Waals surface area contributed by atoms with Gasteiger partial charge in [0.05, 0.1) is 7.11 Å². The topological polar surface area (TPSA) is 109 Å². The Balaban J connectivity index is 0.00000400. The third-order valence-corrected chi connectivity index (χ3v) is 9.61. The van der Waals surface area contributed by atoms with E-state index >= 15 is 0 Å². The van der Waals surface area contributed by atoms with E-state index in [1.165, 1.54) is 7.11 Å². The van der Waals surface area contributed by atoms with Gasteiger partial charge in [0.15, 0.2) is 5.78 Å². The van der Waals surface area contributed by atoms with Gasteiger partial charge in [0, 0.05) is 19.3 Å². The first kappa shape index (κ1) is 32.8. The fourth-order valence-corrected chi connectivity index (χ4v) is 7.10. The van der Waals surface area contributed by atoms with Gasteiger partial charge in [-0.3, -0.25) is 9.59 Å². The second-order valence-corrected chi connectivity index (χ2v) is 11.9. The van der Waals surface area contributed by atoms with Gasteiger partial charge in [-0.25, -0.2) is 0 Å². The van der Waals surface area contributed by atoms with Crippen LogP contribution in [0.25, 0.3) is 35.2 Å². The first-order valence-electron chi connectivity index (χ1n) is 15.3. The van der Waals surface area contributed by atoms with Crippen LogP contribution in [0.4, 0.5) is 0 Å². The van der Waals surface area contributed by atoms with Crippen molar-refractivity contribution in [3.05, 3.63) is 90.1 Å². The molecule has 0 spiro atoms. The molecule has 3 aromatic rings. The number of esters is 1. The maximum absolute atomic E-state index is 14.0. The van der Waals surface area contributed by atoms with Crippen LogP contribution in [-0.2, 0) is 20.7 Å². The van der Waals surface area contributed by atoms with E-state index in [0.717, 1.165) is 80.6 Å². The Morgan fingerprint density at radius 2 is 1.69 bits per heavy atom. The van der Waals surface area contributed by atoms with Crippen LogP contribution in [0.1, 0.15) is 87.6 Å². The third kappa shape index (κ3) is 5.18. The molecule has 0 amide bonds. The molecule has 6 rings (SSSR count). The molecule has 1 fully saturated rings. The predicted molar refractivity (Wildman–Crippen MR) is 177 cm³/mol. The molecular weight excluding hydrogens is 577 g/mol. The normalized spacial score (nSPS) is 24.1. The van der Waals surface area contributed by atoms with Gasteiger partial charge < -0.3 is 29.7 Å². The van der Waals surface area contributed by atoms with Crippen LogP contribution in [0, 0.1) is 38.5 Å². The number of carbonyl (C=O) groups excluding carboxylic acids is 2. The quantitative estimate of drug-likeness (QED) is 0.171. The van der Waals surface area contributed by atoms with Crippen molar-refractivity contribution < 1.29 is 19.1 Å². The van der Waals surface area contributed by atoms with Crippen molar-refractivity contribution in [3.8, 4) is 0 Å². The number of rotatable bonds is 7. The molecule has 0 N–H and O–H groups in total. The second-order valence-electron chi connectivity index (χ2n) is 11.9. The zero-order valence-corrected chi connectivity index (χ0v) is 28.6. The van der Waals surface area contributed by atoms with Crippen LogP contribution in [0.15, 0.2) is 18.0 Å². The largest absolute Gasteiger partial charge is 2.00 e. The average Bonchev–Trinajstić information content (AvgIpc) is 3.74. The fourth-order valence-electron chi connectivity index (χ4n) is 7.10. The summed E-state index contributed by atoms with van der Waals surface area (Å²) < 4.78 is 10.6. The van der Waals surface area contributed by atoms with E-state index in [0.29, 0.717) is 29.1 Å². The summed E-state index contributed by atoms with van der Waals surface area (Å²) in [6, 6.07) is 0. The Kier molecular flexibility index (Phi) is 9.27. The number of aromatic nitrogens is 3. The number of hydrogen-bond acceptors (Lipinski definition) is 4. The summed E-state index contributed by atoms with van der Waals surface area (Å²) in [5.74, 6) is -2.04. The van der Waals surface area contributed by atoms with Gasteiger partial charge in [-0.15, -0.1) is 33.5 Å². The maximum atomic E-state index is 14.0. The summed E-state index contributed by atoms with van der Waals surface area (Å²) in [4.78, 5) is 42.4. The Bertz CT molecular complexity index is 1900. The summed E-state index contributed by atoms with van der Waals surface area (Å²) >= 11 is 0. The van der Waals surface area contributed by atoms with Gasteiger partial charge in [-0.1, -0.05) is 72.6 Å². The number of carbonyl (C=O) groups is 2. The molecule has 0 aromatic carbocycles. The molecule has 45 heavy (non-hydrogen) atoms. The number of methoxy groups -OCH3 is 2. The summed E-state index contributed by atoms with van der Waals surface area (Å²) in [6.45, 7) is 15.0. The number of hydrogen-bond donors (Lipinski definition) is 0. The van der Waals surface area contributed by atoms with Gasteiger partial charge in [-0.2, -0.15) is 11.4 Å². The minimum atomic E-state index is -1.11. The Morgan fingerprint density at radius 3 is 2.36 bits per heavy atom. The van der Waals surface area contributed by atoms with Crippen molar-refractivity contribution in [2.45, 2.75) is 53.9 Å². The molecule has 3 aromatic heterocycles. The first-order chi connectivity index (χ1) is 21.1. The minimum absolute atomic E-state index is 0. The Labute approximate surface area is 280 Å². The zero-order chi connectivity index (χ0) is 31.4. The SMILES string of the molecule is C=Cc1c2[n-]c(c1C)/C=C1\[N-]/C(=C3\c4[n-]c(c(C)c4C(=O)[C@@H]3C(=O)OC)/C=c3\[n-]/c(c(C)c3CC)=C\2)[C@@H](CCCOC)[C@@H]1C.[Mg+2]. The molecule has 0 unspecified atom stereocenters. The van der Waals surface area contributed by atoms with Crippen LogP contribution in [0.2, 0.25) is 0 Å². The average molecular weight is 615 g/mol. The van der Waals surface area contributed by atoms with Gasteiger partial charge in [0.1, 0.15) is 5.92 Å². The smallest absolute Gasteiger partial charge is 0.664 e. The van der Waals surface area contributed by atoms with E-state index in [-0.39, 0.29) is 40.7 Å². The molecule has 8 nitrogen and oxygen atoms in total.